The third-order valence-electron chi connectivity index (χ3n) is 6.43. The summed E-state index contributed by atoms with van der Waals surface area (Å²) in [7, 11) is 1.60. The first-order chi connectivity index (χ1) is 16.8. The molecule has 0 saturated heterocycles. The molecule has 1 aliphatic rings. The number of nitrogens with zero attached hydrogens (tertiary/aromatic N) is 1. The van der Waals surface area contributed by atoms with Crippen LogP contribution < -0.4 is 21.0 Å². The van der Waals surface area contributed by atoms with E-state index in [2.05, 4.69) is 10.6 Å². The van der Waals surface area contributed by atoms with Gasteiger partial charge in [-0.2, -0.15) is 0 Å². The van der Waals surface area contributed by atoms with E-state index < -0.39 is 0 Å². The van der Waals surface area contributed by atoms with Gasteiger partial charge < -0.3 is 20.0 Å². The second-order valence-corrected chi connectivity index (χ2v) is 8.94. The molecule has 1 unspecified atom stereocenters. The van der Waals surface area contributed by atoms with Gasteiger partial charge in [0.05, 0.1) is 17.0 Å². The zero-order chi connectivity index (χ0) is 24.7. The van der Waals surface area contributed by atoms with E-state index in [1.807, 2.05) is 49.1 Å². The van der Waals surface area contributed by atoms with Crippen LogP contribution in [-0.4, -0.2) is 13.0 Å². The molecular weight excluding hydrogens is 445 g/mol. The molecule has 0 bridgehead atoms. The predicted molar refractivity (Wildman–Crippen MR) is 135 cm³/mol. The van der Waals surface area contributed by atoms with Crippen molar-refractivity contribution >= 4 is 28.4 Å². The van der Waals surface area contributed by atoms with Crippen molar-refractivity contribution in [3.8, 4) is 0 Å². The van der Waals surface area contributed by atoms with Crippen molar-refractivity contribution in [3.63, 3.8) is 0 Å². The molecule has 5 rings (SSSR count). The lowest BCUT2D eigenvalue weighted by molar-refractivity contribution is 0.0964. The standard InChI is InChI=1S/C28H26FN3O3/c1-16-10-22(17(2)31-24-7-5-4-6-21(24)28(34)30-3)27-23(11-16)25(33)13-26(35-27)32-14-18-8-9-20(29)12-19(18)15-32/h4-13,17,31H,14-15H2,1-3H3,(H,30,34). The summed E-state index contributed by atoms with van der Waals surface area (Å²) in [5.74, 6) is -0.0179. The molecule has 1 aromatic heterocycles. The van der Waals surface area contributed by atoms with Gasteiger partial charge in [0, 0.05) is 37.5 Å². The van der Waals surface area contributed by atoms with Crippen molar-refractivity contribution < 1.29 is 13.6 Å². The lowest BCUT2D eigenvalue weighted by Crippen LogP contribution is -2.20. The Kier molecular flexibility index (Phi) is 5.76. The van der Waals surface area contributed by atoms with Crippen molar-refractivity contribution in [1.82, 2.24) is 5.32 Å². The number of hydrogen-bond donors (Lipinski definition) is 2. The first kappa shape index (κ1) is 22.7. The number of rotatable bonds is 5. The molecule has 4 aromatic rings. The van der Waals surface area contributed by atoms with E-state index in [0.717, 1.165) is 22.3 Å². The Balaban J connectivity index is 1.55. The van der Waals surface area contributed by atoms with Crippen LogP contribution in [-0.2, 0) is 13.1 Å². The van der Waals surface area contributed by atoms with Gasteiger partial charge in [0.1, 0.15) is 11.4 Å². The highest BCUT2D eigenvalue weighted by Gasteiger charge is 2.24. The van der Waals surface area contributed by atoms with Gasteiger partial charge in [0.15, 0.2) is 5.43 Å². The van der Waals surface area contributed by atoms with Gasteiger partial charge in [0.2, 0.25) is 5.88 Å². The third-order valence-corrected chi connectivity index (χ3v) is 6.43. The fourth-order valence-corrected chi connectivity index (χ4v) is 4.67. The van der Waals surface area contributed by atoms with Gasteiger partial charge in [0.25, 0.3) is 5.91 Å². The number of aryl methyl sites for hydroxylation is 1. The van der Waals surface area contributed by atoms with E-state index in [1.165, 1.54) is 18.2 Å². The van der Waals surface area contributed by atoms with Crippen LogP contribution in [0.2, 0.25) is 0 Å². The van der Waals surface area contributed by atoms with Crippen molar-refractivity contribution in [2.24, 2.45) is 0 Å². The number of carbonyl (C=O) groups excluding carboxylic acids is 1. The van der Waals surface area contributed by atoms with E-state index in [9.17, 15) is 14.0 Å². The fraction of sp³-hybridized carbons (Fsp3) is 0.214. The third kappa shape index (κ3) is 4.25. The topological polar surface area (TPSA) is 74.6 Å². The quantitative estimate of drug-likeness (QED) is 0.414. The van der Waals surface area contributed by atoms with Crippen LogP contribution in [0.5, 0.6) is 0 Å². The van der Waals surface area contributed by atoms with Crippen LogP contribution in [0.1, 0.15) is 45.6 Å². The summed E-state index contributed by atoms with van der Waals surface area (Å²) in [6.45, 7) is 4.91. The monoisotopic (exact) mass is 471 g/mol. The van der Waals surface area contributed by atoms with Crippen LogP contribution in [0.4, 0.5) is 16.0 Å². The van der Waals surface area contributed by atoms with E-state index >= 15 is 0 Å². The normalized spacial score (nSPS) is 13.5. The Morgan fingerprint density at radius 1 is 1.06 bits per heavy atom. The molecule has 178 valence electrons. The maximum absolute atomic E-state index is 13.7. The molecule has 3 aromatic carbocycles. The summed E-state index contributed by atoms with van der Waals surface area (Å²) in [4.78, 5) is 27.4. The molecule has 2 heterocycles. The van der Waals surface area contributed by atoms with E-state index in [0.29, 0.717) is 41.2 Å². The minimum Gasteiger partial charge on any atom is -0.440 e. The van der Waals surface area contributed by atoms with Crippen LogP contribution in [0, 0.1) is 12.7 Å². The summed E-state index contributed by atoms with van der Waals surface area (Å²) in [5, 5.41) is 6.57. The summed E-state index contributed by atoms with van der Waals surface area (Å²) >= 11 is 0. The fourth-order valence-electron chi connectivity index (χ4n) is 4.67. The van der Waals surface area contributed by atoms with Crippen molar-refractivity contribution in [1.29, 1.82) is 0 Å². The summed E-state index contributed by atoms with van der Waals surface area (Å²) in [6, 6.07) is 17.1. The van der Waals surface area contributed by atoms with Gasteiger partial charge in [-0.25, -0.2) is 4.39 Å². The molecule has 2 N–H and O–H groups in total. The number of para-hydroxylation sites is 1. The molecular formula is C28H26FN3O3. The number of amides is 1. The zero-order valence-electron chi connectivity index (χ0n) is 19.8. The van der Waals surface area contributed by atoms with Crippen molar-refractivity contribution in [3.05, 3.63) is 105 Å². The lowest BCUT2D eigenvalue weighted by Gasteiger charge is -2.21. The Bertz CT molecular complexity index is 1510. The van der Waals surface area contributed by atoms with Crippen molar-refractivity contribution in [2.45, 2.75) is 33.0 Å². The minimum atomic E-state index is -0.278. The highest BCUT2D eigenvalue weighted by atomic mass is 19.1. The van der Waals surface area contributed by atoms with Crippen LogP contribution in [0.25, 0.3) is 11.0 Å². The average molecular weight is 472 g/mol. The number of hydrogen-bond acceptors (Lipinski definition) is 5. The molecule has 7 heteroatoms. The van der Waals surface area contributed by atoms with E-state index in [1.54, 1.807) is 19.2 Å². The smallest absolute Gasteiger partial charge is 0.253 e. The molecule has 1 amide bonds. The van der Waals surface area contributed by atoms with Gasteiger partial charge in [-0.1, -0.05) is 24.3 Å². The van der Waals surface area contributed by atoms with Gasteiger partial charge in [-0.05, 0) is 60.9 Å². The maximum Gasteiger partial charge on any atom is 0.253 e. The SMILES string of the molecule is CNC(=O)c1ccccc1NC(C)c1cc(C)cc2c(=O)cc(N3Cc4ccc(F)cc4C3)oc12. The number of carbonyl (C=O) groups is 1. The molecule has 0 fully saturated rings. The molecule has 35 heavy (non-hydrogen) atoms. The van der Waals surface area contributed by atoms with Gasteiger partial charge in [-0.15, -0.1) is 0 Å². The lowest BCUT2D eigenvalue weighted by atomic mass is 10.0. The Labute approximate surface area is 202 Å². The second-order valence-electron chi connectivity index (χ2n) is 8.94. The Morgan fingerprint density at radius 3 is 2.63 bits per heavy atom. The molecule has 0 radical (unpaired) electrons. The average Bonchev–Trinajstić information content (AvgIpc) is 3.27. The van der Waals surface area contributed by atoms with E-state index in [4.69, 9.17) is 4.42 Å². The van der Waals surface area contributed by atoms with Crippen molar-refractivity contribution in [2.75, 3.05) is 17.3 Å². The Hall–Kier alpha value is -4.13. The largest absolute Gasteiger partial charge is 0.440 e. The molecule has 6 nitrogen and oxygen atoms in total. The summed E-state index contributed by atoms with van der Waals surface area (Å²) in [6.07, 6.45) is 0. The van der Waals surface area contributed by atoms with Crippen LogP contribution in [0.15, 0.2) is 69.9 Å². The van der Waals surface area contributed by atoms with Crippen LogP contribution >= 0.6 is 0 Å². The molecule has 0 spiro atoms. The maximum atomic E-state index is 13.7. The molecule has 1 atom stereocenters. The zero-order valence-corrected chi connectivity index (χ0v) is 19.8. The highest BCUT2D eigenvalue weighted by Crippen LogP contribution is 2.33. The predicted octanol–water partition coefficient (Wildman–Crippen LogP) is 5.29. The minimum absolute atomic E-state index is 0.133. The number of anilines is 2. The number of benzene rings is 3. The first-order valence-electron chi connectivity index (χ1n) is 11.5. The number of nitrogens with one attached hydrogen (secondary N) is 2. The van der Waals surface area contributed by atoms with Gasteiger partial charge in [-0.3, -0.25) is 9.59 Å². The summed E-state index contributed by atoms with van der Waals surface area (Å²) < 4.78 is 20.0. The van der Waals surface area contributed by atoms with Crippen LogP contribution in [0.3, 0.4) is 0 Å². The van der Waals surface area contributed by atoms with Gasteiger partial charge >= 0.3 is 0 Å². The van der Waals surface area contributed by atoms with E-state index in [-0.39, 0.29) is 23.2 Å². The second kappa shape index (κ2) is 8.91. The number of halogens is 1. The highest BCUT2D eigenvalue weighted by molar-refractivity contribution is 5.99. The molecule has 0 saturated carbocycles. The molecule has 1 aliphatic heterocycles. The molecule has 0 aliphatic carbocycles. The summed E-state index contributed by atoms with van der Waals surface area (Å²) in [5.41, 5.74) is 5.23. The number of fused-ring (bicyclic) bond motifs is 2. The first-order valence-corrected chi connectivity index (χ1v) is 11.5. The Morgan fingerprint density at radius 2 is 1.83 bits per heavy atom.